The summed E-state index contributed by atoms with van der Waals surface area (Å²) in [5, 5.41) is 0. The van der Waals surface area contributed by atoms with Crippen molar-refractivity contribution in [2.45, 2.75) is 39.4 Å². The van der Waals surface area contributed by atoms with Crippen molar-refractivity contribution in [3.8, 4) is 0 Å². The summed E-state index contributed by atoms with van der Waals surface area (Å²) in [7, 11) is -3.39. The highest BCUT2D eigenvalue weighted by Gasteiger charge is 2.24. The maximum absolute atomic E-state index is 10.9. The van der Waals surface area contributed by atoms with E-state index in [1.165, 1.54) is 0 Å². The Morgan fingerprint density at radius 2 is 2.00 bits per heavy atom. The van der Waals surface area contributed by atoms with E-state index >= 15 is 0 Å². The lowest BCUT2D eigenvalue weighted by Gasteiger charge is -2.28. The van der Waals surface area contributed by atoms with Crippen molar-refractivity contribution >= 4 is 10.1 Å². The lowest BCUT2D eigenvalue weighted by Crippen LogP contribution is -2.31. The fraction of sp³-hybridized carbons (Fsp3) is 1.00. The third-order valence-electron chi connectivity index (χ3n) is 2.46. The Hall–Kier alpha value is -0.170. The molecule has 1 rings (SSSR count). The van der Waals surface area contributed by atoms with Crippen molar-refractivity contribution in [2.75, 3.05) is 26.1 Å². The van der Waals surface area contributed by atoms with Gasteiger partial charge in [-0.1, -0.05) is 13.8 Å². The van der Waals surface area contributed by atoms with Crippen molar-refractivity contribution < 1.29 is 22.1 Å². The Labute approximate surface area is 104 Å². The van der Waals surface area contributed by atoms with Gasteiger partial charge in [0, 0.05) is 12.0 Å². The molecule has 0 aromatic carbocycles. The molecule has 17 heavy (non-hydrogen) atoms. The van der Waals surface area contributed by atoms with E-state index in [0.717, 1.165) is 32.1 Å². The molecule has 6 heteroatoms. The van der Waals surface area contributed by atoms with Crippen molar-refractivity contribution in [1.29, 1.82) is 0 Å². The van der Waals surface area contributed by atoms with Gasteiger partial charge in [-0.05, 0) is 19.3 Å². The molecule has 0 saturated carbocycles. The summed E-state index contributed by atoms with van der Waals surface area (Å²) >= 11 is 0. The molecule has 1 unspecified atom stereocenters. The van der Waals surface area contributed by atoms with Crippen LogP contribution < -0.4 is 0 Å². The third kappa shape index (κ3) is 6.98. The zero-order valence-corrected chi connectivity index (χ0v) is 11.6. The summed E-state index contributed by atoms with van der Waals surface area (Å²) < 4.78 is 37.6. The van der Waals surface area contributed by atoms with Gasteiger partial charge in [-0.3, -0.25) is 4.18 Å². The molecule has 102 valence electrons. The molecule has 0 amide bonds. The van der Waals surface area contributed by atoms with Gasteiger partial charge in [0.15, 0.2) is 6.29 Å². The second-order valence-corrected chi connectivity index (χ2v) is 6.88. The maximum Gasteiger partial charge on any atom is 0.264 e. The first-order chi connectivity index (χ1) is 7.79. The minimum atomic E-state index is -3.39. The largest absolute Gasteiger partial charge is 0.353 e. The average Bonchev–Trinajstić information content (AvgIpc) is 2.25. The van der Waals surface area contributed by atoms with Gasteiger partial charge < -0.3 is 9.47 Å². The standard InChI is InChI=1S/C11H22O5S/c1-11(2,9-16-17(3,12)13)8-15-10-6-4-5-7-14-10/h10H,4-9H2,1-3H3. The van der Waals surface area contributed by atoms with Crippen LogP contribution in [0.2, 0.25) is 0 Å². The average molecular weight is 266 g/mol. The maximum atomic E-state index is 10.9. The molecular weight excluding hydrogens is 244 g/mol. The Morgan fingerprint density at radius 1 is 1.29 bits per heavy atom. The predicted octanol–water partition coefficient (Wildman–Crippen LogP) is 1.53. The van der Waals surface area contributed by atoms with Gasteiger partial charge in [-0.15, -0.1) is 0 Å². The van der Waals surface area contributed by atoms with Crippen LogP contribution in [0.4, 0.5) is 0 Å². The normalized spacial score (nSPS) is 22.6. The summed E-state index contributed by atoms with van der Waals surface area (Å²) in [5.41, 5.74) is -0.343. The Kier molecular flexibility index (Phi) is 5.37. The lowest BCUT2D eigenvalue weighted by molar-refractivity contribution is -0.178. The smallest absolute Gasteiger partial charge is 0.264 e. The van der Waals surface area contributed by atoms with Crippen molar-refractivity contribution in [2.24, 2.45) is 5.41 Å². The van der Waals surface area contributed by atoms with Crippen LogP contribution in [0.1, 0.15) is 33.1 Å². The predicted molar refractivity (Wildman–Crippen MR) is 64.1 cm³/mol. The van der Waals surface area contributed by atoms with E-state index in [4.69, 9.17) is 13.7 Å². The first-order valence-corrected chi connectivity index (χ1v) is 7.68. The van der Waals surface area contributed by atoms with Gasteiger partial charge in [0.2, 0.25) is 0 Å². The molecule has 0 spiro atoms. The first-order valence-electron chi connectivity index (χ1n) is 5.86. The van der Waals surface area contributed by atoms with Crippen molar-refractivity contribution in [3.63, 3.8) is 0 Å². The Balaban J connectivity index is 2.27. The van der Waals surface area contributed by atoms with E-state index in [1.807, 2.05) is 13.8 Å². The summed E-state index contributed by atoms with van der Waals surface area (Å²) in [4.78, 5) is 0. The molecular formula is C11H22O5S. The van der Waals surface area contributed by atoms with Crippen LogP contribution in [0.15, 0.2) is 0 Å². The fourth-order valence-electron chi connectivity index (χ4n) is 1.47. The van der Waals surface area contributed by atoms with Crippen LogP contribution in [-0.2, 0) is 23.8 Å². The summed E-state index contributed by atoms with van der Waals surface area (Å²) in [6, 6.07) is 0. The summed E-state index contributed by atoms with van der Waals surface area (Å²) in [6.07, 6.45) is 4.00. The number of hydrogen-bond donors (Lipinski definition) is 0. The van der Waals surface area contributed by atoms with E-state index in [0.29, 0.717) is 6.61 Å². The van der Waals surface area contributed by atoms with Gasteiger partial charge in [0.05, 0.1) is 19.5 Å². The Bertz CT molecular complexity index is 317. The zero-order chi connectivity index (χ0) is 12.9. The SMILES string of the molecule is CC(C)(COC1CCCCO1)COS(C)(=O)=O. The molecule has 0 N–H and O–H groups in total. The van der Waals surface area contributed by atoms with Gasteiger partial charge in [0.25, 0.3) is 10.1 Å². The Morgan fingerprint density at radius 3 is 2.53 bits per heavy atom. The molecule has 0 radical (unpaired) electrons. The first kappa shape index (κ1) is 14.9. The fourth-order valence-corrected chi connectivity index (χ4v) is 2.00. The quantitative estimate of drug-likeness (QED) is 0.682. The van der Waals surface area contributed by atoms with E-state index in [2.05, 4.69) is 0 Å². The monoisotopic (exact) mass is 266 g/mol. The molecule has 0 aliphatic carbocycles. The van der Waals surface area contributed by atoms with E-state index in [1.54, 1.807) is 0 Å². The molecule has 0 aromatic rings. The van der Waals surface area contributed by atoms with Crippen LogP contribution in [0.5, 0.6) is 0 Å². The molecule has 1 fully saturated rings. The second-order valence-electron chi connectivity index (χ2n) is 5.24. The van der Waals surface area contributed by atoms with Crippen LogP contribution >= 0.6 is 0 Å². The number of rotatable bonds is 6. The summed E-state index contributed by atoms with van der Waals surface area (Å²) in [6.45, 7) is 5.10. The molecule has 0 aromatic heterocycles. The third-order valence-corrected chi connectivity index (χ3v) is 3.01. The molecule has 1 atom stereocenters. The van der Waals surface area contributed by atoms with E-state index in [-0.39, 0.29) is 18.3 Å². The van der Waals surface area contributed by atoms with Crippen molar-refractivity contribution in [1.82, 2.24) is 0 Å². The topological polar surface area (TPSA) is 61.8 Å². The lowest BCUT2D eigenvalue weighted by atomic mass is 9.96. The van der Waals surface area contributed by atoms with Gasteiger partial charge in [-0.2, -0.15) is 8.42 Å². The minimum absolute atomic E-state index is 0.124. The number of ether oxygens (including phenoxy) is 2. The molecule has 1 saturated heterocycles. The van der Waals surface area contributed by atoms with Crippen LogP contribution in [0.25, 0.3) is 0 Å². The molecule has 1 aliphatic heterocycles. The highest BCUT2D eigenvalue weighted by Crippen LogP contribution is 2.21. The van der Waals surface area contributed by atoms with Crippen LogP contribution in [0, 0.1) is 5.41 Å². The van der Waals surface area contributed by atoms with Crippen LogP contribution in [0.3, 0.4) is 0 Å². The number of hydrogen-bond acceptors (Lipinski definition) is 5. The van der Waals surface area contributed by atoms with Gasteiger partial charge >= 0.3 is 0 Å². The van der Waals surface area contributed by atoms with Crippen LogP contribution in [-0.4, -0.2) is 40.8 Å². The second kappa shape index (κ2) is 6.13. The van der Waals surface area contributed by atoms with E-state index < -0.39 is 10.1 Å². The van der Waals surface area contributed by atoms with Gasteiger partial charge in [0.1, 0.15) is 0 Å². The van der Waals surface area contributed by atoms with Gasteiger partial charge in [-0.25, -0.2) is 0 Å². The zero-order valence-electron chi connectivity index (χ0n) is 10.8. The molecule has 1 heterocycles. The van der Waals surface area contributed by atoms with Crippen molar-refractivity contribution in [3.05, 3.63) is 0 Å². The highest BCUT2D eigenvalue weighted by atomic mass is 32.2. The molecule has 0 bridgehead atoms. The molecule has 5 nitrogen and oxygen atoms in total. The molecule has 1 aliphatic rings. The minimum Gasteiger partial charge on any atom is -0.353 e. The summed E-state index contributed by atoms with van der Waals surface area (Å²) in [5.74, 6) is 0. The van der Waals surface area contributed by atoms with E-state index in [9.17, 15) is 8.42 Å². The highest BCUT2D eigenvalue weighted by molar-refractivity contribution is 7.85.